The van der Waals surface area contributed by atoms with E-state index < -0.39 is 0 Å². The Morgan fingerprint density at radius 1 is 1.12 bits per heavy atom. The minimum Gasteiger partial charge on any atom is -0.335 e. The Hall–Kier alpha value is -2.04. The molecule has 136 valence electrons. The van der Waals surface area contributed by atoms with Crippen molar-refractivity contribution in [1.29, 1.82) is 0 Å². The van der Waals surface area contributed by atoms with E-state index in [0.717, 1.165) is 18.5 Å². The van der Waals surface area contributed by atoms with Gasteiger partial charge in [-0.3, -0.25) is 4.79 Å². The van der Waals surface area contributed by atoms with Gasteiger partial charge in [0.15, 0.2) is 0 Å². The lowest BCUT2D eigenvalue weighted by Crippen LogP contribution is -2.50. The van der Waals surface area contributed by atoms with Crippen molar-refractivity contribution in [3.05, 3.63) is 30.3 Å². The molecule has 1 heterocycles. The molecule has 1 aromatic rings. The van der Waals surface area contributed by atoms with Crippen molar-refractivity contribution < 1.29 is 9.59 Å². The first-order chi connectivity index (χ1) is 11.8. The van der Waals surface area contributed by atoms with Gasteiger partial charge in [-0.05, 0) is 42.7 Å². The Bertz CT molecular complexity index is 629. The van der Waals surface area contributed by atoms with Crippen molar-refractivity contribution in [1.82, 2.24) is 10.6 Å². The SMILES string of the molecule is CC1CC(NC(=O)NC2CC(=O)N(c3ccccc3)C2)CC(C)(C)C1. The molecule has 0 radical (unpaired) electrons. The summed E-state index contributed by atoms with van der Waals surface area (Å²) in [6.07, 6.45) is 3.59. The van der Waals surface area contributed by atoms with Gasteiger partial charge in [0.25, 0.3) is 0 Å². The van der Waals surface area contributed by atoms with Crippen LogP contribution in [-0.4, -0.2) is 30.6 Å². The minimum atomic E-state index is -0.150. The highest BCUT2D eigenvalue weighted by atomic mass is 16.2. The molecule has 25 heavy (non-hydrogen) atoms. The molecule has 1 aromatic carbocycles. The number of nitrogens with one attached hydrogen (secondary N) is 2. The summed E-state index contributed by atoms with van der Waals surface area (Å²) < 4.78 is 0. The Balaban J connectivity index is 1.53. The van der Waals surface area contributed by atoms with Gasteiger partial charge in [-0.15, -0.1) is 0 Å². The molecule has 5 nitrogen and oxygen atoms in total. The summed E-state index contributed by atoms with van der Waals surface area (Å²) >= 11 is 0. The number of hydrogen-bond acceptors (Lipinski definition) is 2. The number of urea groups is 1. The van der Waals surface area contributed by atoms with Crippen LogP contribution in [0.2, 0.25) is 0 Å². The zero-order valence-corrected chi connectivity index (χ0v) is 15.4. The Labute approximate surface area is 150 Å². The van der Waals surface area contributed by atoms with Crippen LogP contribution in [0, 0.1) is 11.3 Å². The van der Waals surface area contributed by atoms with Crippen molar-refractivity contribution in [2.45, 2.75) is 58.5 Å². The van der Waals surface area contributed by atoms with E-state index in [0.29, 0.717) is 18.9 Å². The number of carbonyl (C=O) groups is 2. The molecule has 0 spiro atoms. The van der Waals surface area contributed by atoms with Gasteiger partial charge in [0.05, 0.1) is 6.04 Å². The number of anilines is 1. The van der Waals surface area contributed by atoms with Gasteiger partial charge in [-0.1, -0.05) is 39.0 Å². The fourth-order valence-corrected chi connectivity index (χ4v) is 4.53. The molecule has 2 N–H and O–H groups in total. The lowest BCUT2D eigenvalue weighted by molar-refractivity contribution is -0.117. The smallest absolute Gasteiger partial charge is 0.315 e. The van der Waals surface area contributed by atoms with Gasteiger partial charge in [0.2, 0.25) is 5.91 Å². The van der Waals surface area contributed by atoms with Crippen LogP contribution < -0.4 is 15.5 Å². The number of hydrogen-bond donors (Lipinski definition) is 2. The summed E-state index contributed by atoms with van der Waals surface area (Å²) in [5.74, 6) is 0.680. The van der Waals surface area contributed by atoms with Crippen molar-refractivity contribution >= 4 is 17.6 Å². The normalized spacial score (nSPS) is 28.7. The first-order valence-corrected chi connectivity index (χ1v) is 9.25. The second-order valence-corrected chi connectivity index (χ2v) is 8.47. The van der Waals surface area contributed by atoms with Crippen LogP contribution in [0.1, 0.15) is 46.5 Å². The van der Waals surface area contributed by atoms with Crippen molar-refractivity contribution in [2.75, 3.05) is 11.4 Å². The van der Waals surface area contributed by atoms with Gasteiger partial charge < -0.3 is 15.5 Å². The zero-order chi connectivity index (χ0) is 18.0. The molecule has 2 aliphatic rings. The average Bonchev–Trinajstić information content (AvgIpc) is 2.86. The Morgan fingerprint density at radius 3 is 2.48 bits per heavy atom. The molecule has 0 bridgehead atoms. The molecule has 3 rings (SSSR count). The third-order valence-corrected chi connectivity index (χ3v) is 5.25. The van der Waals surface area contributed by atoms with Gasteiger partial charge in [0, 0.05) is 24.7 Å². The summed E-state index contributed by atoms with van der Waals surface area (Å²) in [5, 5.41) is 6.11. The van der Waals surface area contributed by atoms with Gasteiger partial charge >= 0.3 is 6.03 Å². The van der Waals surface area contributed by atoms with Crippen LogP contribution in [-0.2, 0) is 4.79 Å². The summed E-state index contributed by atoms with van der Waals surface area (Å²) in [5.41, 5.74) is 1.16. The molecular weight excluding hydrogens is 314 g/mol. The standard InChI is InChI=1S/C20H29N3O2/c1-14-9-15(12-20(2,3)11-14)21-19(25)22-16-10-18(24)23(13-16)17-7-5-4-6-8-17/h4-8,14-16H,9-13H2,1-3H3,(H2,21,22,25). The average molecular weight is 343 g/mol. The Morgan fingerprint density at radius 2 is 1.80 bits per heavy atom. The molecule has 5 heteroatoms. The van der Waals surface area contributed by atoms with E-state index in [-0.39, 0.29) is 29.4 Å². The van der Waals surface area contributed by atoms with Crippen molar-refractivity contribution in [3.8, 4) is 0 Å². The van der Waals surface area contributed by atoms with Crippen LogP contribution in [0.4, 0.5) is 10.5 Å². The van der Waals surface area contributed by atoms with E-state index in [1.165, 1.54) is 6.42 Å². The molecule has 1 saturated heterocycles. The second kappa shape index (κ2) is 7.06. The summed E-state index contributed by atoms with van der Waals surface area (Å²) in [6, 6.07) is 9.53. The number of para-hydroxylation sites is 1. The van der Waals surface area contributed by atoms with Gasteiger partial charge in [-0.2, -0.15) is 0 Å². The van der Waals surface area contributed by atoms with E-state index in [1.54, 1.807) is 4.90 Å². The number of rotatable bonds is 3. The highest BCUT2D eigenvalue weighted by molar-refractivity contribution is 5.96. The van der Waals surface area contributed by atoms with Crippen LogP contribution in [0.25, 0.3) is 0 Å². The zero-order valence-electron chi connectivity index (χ0n) is 15.4. The van der Waals surface area contributed by atoms with E-state index in [2.05, 4.69) is 31.4 Å². The maximum Gasteiger partial charge on any atom is 0.315 e. The van der Waals surface area contributed by atoms with Crippen LogP contribution in [0.5, 0.6) is 0 Å². The lowest BCUT2D eigenvalue weighted by Gasteiger charge is -2.39. The third-order valence-electron chi connectivity index (χ3n) is 5.25. The summed E-state index contributed by atoms with van der Waals surface area (Å²) in [7, 11) is 0. The highest BCUT2D eigenvalue weighted by Gasteiger charge is 2.34. The molecule has 2 fully saturated rings. The fraction of sp³-hybridized carbons (Fsp3) is 0.600. The molecule has 1 aliphatic carbocycles. The number of nitrogens with zero attached hydrogens (tertiary/aromatic N) is 1. The number of benzene rings is 1. The maximum absolute atomic E-state index is 12.4. The molecule has 3 amide bonds. The largest absolute Gasteiger partial charge is 0.335 e. The number of amides is 3. The number of carbonyl (C=O) groups excluding carboxylic acids is 2. The van der Waals surface area contributed by atoms with Crippen molar-refractivity contribution in [3.63, 3.8) is 0 Å². The first-order valence-electron chi connectivity index (χ1n) is 9.25. The van der Waals surface area contributed by atoms with E-state index in [9.17, 15) is 9.59 Å². The molecular formula is C20H29N3O2. The lowest BCUT2D eigenvalue weighted by atomic mass is 9.71. The topological polar surface area (TPSA) is 61.4 Å². The summed E-state index contributed by atoms with van der Waals surface area (Å²) in [4.78, 5) is 26.4. The second-order valence-electron chi connectivity index (χ2n) is 8.47. The predicted octanol–water partition coefficient (Wildman–Crippen LogP) is 3.31. The van der Waals surface area contributed by atoms with Crippen LogP contribution >= 0.6 is 0 Å². The molecule has 1 aliphatic heterocycles. The minimum absolute atomic E-state index is 0.0592. The van der Waals surface area contributed by atoms with E-state index in [4.69, 9.17) is 0 Å². The maximum atomic E-state index is 12.4. The third kappa shape index (κ3) is 4.53. The first kappa shape index (κ1) is 17.8. The monoisotopic (exact) mass is 343 g/mol. The quantitative estimate of drug-likeness (QED) is 0.884. The highest BCUT2D eigenvalue weighted by Crippen LogP contribution is 2.38. The van der Waals surface area contributed by atoms with Gasteiger partial charge in [-0.25, -0.2) is 4.79 Å². The fourth-order valence-electron chi connectivity index (χ4n) is 4.53. The summed E-state index contributed by atoms with van der Waals surface area (Å²) in [6.45, 7) is 7.31. The van der Waals surface area contributed by atoms with E-state index in [1.807, 2.05) is 30.3 Å². The van der Waals surface area contributed by atoms with Crippen molar-refractivity contribution in [2.24, 2.45) is 11.3 Å². The predicted molar refractivity (Wildman–Crippen MR) is 99.5 cm³/mol. The Kier molecular flexibility index (Phi) is 5.02. The van der Waals surface area contributed by atoms with Crippen LogP contribution in [0.3, 0.4) is 0 Å². The van der Waals surface area contributed by atoms with Crippen LogP contribution in [0.15, 0.2) is 30.3 Å². The van der Waals surface area contributed by atoms with Gasteiger partial charge in [0.1, 0.15) is 0 Å². The molecule has 1 saturated carbocycles. The van der Waals surface area contributed by atoms with E-state index >= 15 is 0 Å². The molecule has 3 unspecified atom stereocenters. The molecule has 3 atom stereocenters. The molecule has 0 aromatic heterocycles.